The highest BCUT2D eigenvalue weighted by Gasteiger charge is 2.24. The number of hydrogen-bond donors (Lipinski definition) is 2. The van der Waals surface area contributed by atoms with Gasteiger partial charge in [-0.05, 0) is 44.0 Å². The van der Waals surface area contributed by atoms with Crippen molar-refractivity contribution >= 4 is 28.3 Å². The highest BCUT2D eigenvalue weighted by atomic mass is 35.5. The SMILES string of the molecule is CCN(CC)S(=O)(=O)c1ccc(C(C)NC(=O)C2CCCN2)cc1.Cl. The fourth-order valence-corrected chi connectivity index (χ4v) is 4.40. The molecule has 1 aromatic carbocycles. The van der Waals surface area contributed by atoms with Crippen molar-refractivity contribution in [3.8, 4) is 0 Å². The van der Waals surface area contributed by atoms with Crippen LogP contribution in [-0.2, 0) is 14.8 Å². The van der Waals surface area contributed by atoms with E-state index in [4.69, 9.17) is 0 Å². The number of halogens is 1. The van der Waals surface area contributed by atoms with Gasteiger partial charge in [0.05, 0.1) is 17.0 Å². The Kier molecular flexibility index (Phi) is 8.34. The van der Waals surface area contributed by atoms with E-state index in [1.807, 2.05) is 20.8 Å². The van der Waals surface area contributed by atoms with Crippen molar-refractivity contribution in [3.63, 3.8) is 0 Å². The molecule has 1 aromatic rings. The molecule has 1 fully saturated rings. The number of hydrogen-bond acceptors (Lipinski definition) is 4. The summed E-state index contributed by atoms with van der Waals surface area (Å²) in [6.45, 7) is 7.32. The van der Waals surface area contributed by atoms with Gasteiger partial charge in [-0.3, -0.25) is 4.79 Å². The number of rotatable bonds is 7. The molecule has 6 nitrogen and oxygen atoms in total. The van der Waals surface area contributed by atoms with E-state index in [0.29, 0.717) is 13.1 Å². The summed E-state index contributed by atoms with van der Waals surface area (Å²) in [6.07, 6.45) is 1.88. The van der Waals surface area contributed by atoms with Crippen LogP contribution in [0.5, 0.6) is 0 Å². The lowest BCUT2D eigenvalue weighted by molar-refractivity contribution is -0.123. The van der Waals surface area contributed by atoms with Crippen LogP contribution in [0.25, 0.3) is 0 Å². The highest BCUT2D eigenvalue weighted by Crippen LogP contribution is 2.20. The maximum absolute atomic E-state index is 12.5. The van der Waals surface area contributed by atoms with E-state index in [0.717, 1.165) is 24.9 Å². The lowest BCUT2D eigenvalue weighted by Gasteiger charge is -2.20. The lowest BCUT2D eigenvalue weighted by Crippen LogP contribution is -2.41. The van der Waals surface area contributed by atoms with E-state index in [-0.39, 0.29) is 35.3 Å². The van der Waals surface area contributed by atoms with Gasteiger partial charge < -0.3 is 10.6 Å². The molecule has 2 N–H and O–H groups in total. The van der Waals surface area contributed by atoms with E-state index in [1.165, 1.54) is 4.31 Å². The maximum Gasteiger partial charge on any atom is 0.243 e. The minimum Gasteiger partial charge on any atom is -0.348 e. The molecule has 0 radical (unpaired) electrons. The first-order valence-corrected chi connectivity index (χ1v) is 9.98. The van der Waals surface area contributed by atoms with Gasteiger partial charge in [0.15, 0.2) is 0 Å². The summed E-state index contributed by atoms with van der Waals surface area (Å²) in [7, 11) is -3.44. The van der Waals surface area contributed by atoms with E-state index >= 15 is 0 Å². The zero-order chi connectivity index (χ0) is 17.7. The Bertz CT molecular complexity index is 654. The predicted octanol–water partition coefficient (Wildman–Crippen LogP) is 2.07. The minimum atomic E-state index is -3.44. The van der Waals surface area contributed by atoms with Gasteiger partial charge in [0.2, 0.25) is 15.9 Å². The van der Waals surface area contributed by atoms with E-state index in [2.05, 4.69) is 10.6 Å². The van der Waals surface area contributed by atoms with Crippen LogP contribution in [0.4, 0.5) is 0 Å². The Morgan fingerprint density at radius 3 is 2.36 bits per heavy atom. The van der Waals surface area contributed by atoms with Crippen molar-refractivity contribution in [2.24, 2.45) is 0 Å². The van der Waals surface area contributed by atoms with Crippen molar-refractivity contribution in [1.82, 2.24) is 14.9 Å². The standard InChI is InChI=1S/C17H27N3O3S.ClH/c1-4-20(5-2)24(22,23)15-10-8-14(9-11-15)13(3)19-17(21)16-7-6-12-18-16;/h8-11,13,16,18H,4-7,12H2,1-3H3,(H,19,21);1H. The first-order valence-electron chi connectivity index (χ1n) is 8.54. The molecule has 0 bridgehead atoms. The molecule has 1 amide bonds. The minimum absolute atomic E-state index is 0. The fourth-order valence-electron chi connectivity index (χ4n) is 2.95. The first-order chi connectivity index (χ1) is 11.4. The summed E-state index contributed by atoms with van der Waals surface area (Å²) >= 11 is 0. The van der Waals surface area contributed by atoms with Crippen LogP contribution in [0, 0.1) is 0 Å². The third-order valence-corrected chi connectivity index (χ3v) is 6.52. The molecule has 1 heterocycles. The average Bonchev–Trinajstić information content (AvgIpc) is 3.10. The lowest BCUT2D eigenvalue weighted by atomic mass is 10.1. The van der Waals surface area contributed by atoms with E-state index < -0.39 is 10.0 Å². The van der Waals surface area contributed by atoms with Crippen LogP contribution in [0.15, 0.2) is 29.2 Å². The monoisotopic (exact) mass is 389 g/mol. The summed E-state index contributed by atoms with van der Waals surface area (Å²) in [5.74, 6) is -0.000149. The number of carbonyl (C=O) groups is 1. The van der Waals surface area contributed by atoms with Crippen LogP contribution in [0.2, 0.25) is 0 Å². The molecular weight excluding hydrogens is 362 g/mol. The van der Waals surface area contributed by atoms with Gasteiger partial charge in [-0.15, -0.1) is 12.4 Å². The second-order valence-corrected chi connectivity index (χ2v) is 7.98. The summed E-state index contributed by atoms with van der Waals surface area (Å²) in [5, 5.41) is 6.15. The molecule has 1 aliphatic heterocycles. The molecule has 1 aliphatic rings. The predicted molar refractivity (Wildman–Crippen MR) is 101 cm³/mol. The normalized spacial score (nSPS) is 18.6. The van der Waals surface area contributed by atoms with Crippen molar-refractivity contribution in [2.45, 2.75) is 50.6 Å². The van der Waals surface area contributed by atoms with Crippen molar-refractivity contribution < 1.29 is 13.2 Å². The van der Waals surface area contributed by atoms with E-state index in [1.54, 1.807) is 24.3 Å². The van der Waals surface area contributed by atoms with Crippen molar-refractivity contribution in [2.75, 3.05) is 19.6 Å². The highest BCUT2D eigenvalue weighted by molar-refractivity contribution is 7.89. The zero-order valence-electron chi connectivity index (χ0n) is 15.0. The molecular formula is C17H28ClN3O3S. The van der Waals surface area contributed by atoms with Gasteiger partial charge in [0.25, 0.3) is 0 Å². The fraction of sp³-hybridized carbons (Fsp3) is 0.588. The second-order valence-electron chi connectivity index (χ2n) is 6.04. The number of amides is 1. The van der Waals surface area contributed by atoms with Gasteiger partial charge in [-0.25, -0.2) is 8.42 Å². The second kappa shape index (κ2) is 9.52. The number of sulfonamides is 1. The molecule has 1 saturated heterocycles. The van der Waals surface area contributed by atoms with Gasteiger partial charge in [0.1, 0.15) is 0 Å². The molecule has 0 spiro atoms. The molecule has 8 heteroatoms. The van der Waals surface area contributed by atoms with Crippen LogP contribution in [0.1, 0.15) is 45.2 Å². The Morgan fingerprint density at radius 2 is 1.88 bits per heavy atom. The number of nitrogens with zero attached hydrogens (tertiary/aromatic N) is 1. The Hall–Kier alpha value is -1.15. The number of benzene rings is 1. The number of nitrogens with one attached hydrogen (secondary N) is 2. The quantitative estimate of drug-likeness (QED) is 0.748. The summed E-state index contributed by atoms with van der Waals surface area (Å²) < 4.78 is 26.4. The molecule has 2 atom stereocenters. The molecule has 0 aromatic heterocycles. The average molecular weight is 390 g/mol. The van der Waals surface area contributed by atoms with Crippen LogP contribution in [0.3, 0.4) is 0 Å². The molecule has 142 valence electrons. The van der Waals surface area contributed by atoms with E-state index in [9.17, 15) is 13.2 Å². The van der Waals surface area contributed by atoms with Gasteiger partial charge in [-0.2, -0.15) is 4.31 Å². The van der Waals surface area contributed by atoms with Gasteiger partial charge in [0, 0.05) is 13.1 Å². The van der Waals surface area contributed by atoms with Gasteiger partial charge >= 0.3 is 0 Å². The maximum atomic E-state index is 12.5. The molecule has 25 heavy (non-hydrogen) atoms. The summed E-state index contributed by atoms with van der Waals surface area (Å²) in [4.78, 5) is 12.4. The number of carbonyl (C=O) groups excluding carboxylic acids is 1. The zero-order valence-corrected chi connectivity index (χ0v) is 16.6. The molecule has 0 aliphatic carbocycles. The summed E-state index contributed by atoms with van der Waals surface area (Å²) in [5.41, 5.74) is 0.889. The molecule has 2 unspecified atom stereocenters. The van der Waals surface area contributed by atoms with Crippen LogP contribution in [-0.4, -0.2) is 44.3 Å². The van der Waals surface area contributed by atoms with Crippen molar-refractivity contribution in [1.29, 1.82) is 0 Å². The Labute approximate surface area is 156 Å². The van der Waals surface area contributed by atoms with Crippen LogP contribution >= 0.6 is 12.4 Å². The molecule has 2 rings (SSSR count). The first kappa shape index (κ1) is 21.9. The third kappa shape index (κ3) is 5.17. The Morgan fingerprint density at radius 1 is 1.28 bits per heavy atom. The third-order valence-electron chi connectivity index (χ3n) is 4.46. The largest absolute Gasteiger partial charge is 0.348 e. The van der Waals surface area contributed by atoms with Crippen LogP contribution < -0.4 is 10.6 Å². The summed E-state index contributed by atoms with van der Waals surface area (Å²) in [6, 6.07) is 6.48. The molecule has 0 saturated carbocycles. The topological polar surface area (TPSA) is 78.5 Å². The smallest absolute Gasteiger partial charge is 0.243 e. The van der Waals surface area contributed by atoms with Gasteiger partial charge in [-0.1, -0.05) is 26.0 Å². The van der Waals surface area contributed by atoms with Crippen molar-refractivity contribution in [3.05, 3.63) is 29.8 Å². The Balaban J connectivity index is 0.00000312.